The minimum Gasteiger partial charge on any atom is -0.495 e. The van der Waals surface area contributed by atoms with E-state index in [-0.39, 0.29) is 11.7 Å². The number of imidazole rings is 1. The molecule has 0 bridgehead atoms. The van der Waals surface area contributed by atoms with E-state index in [2.05, 4.69) is 10.1 Å². The summed E-state index contributed by atoms with van der Waals surface area (Å²) in [7, 11) is 1.66. The summed E-state index contributed by atoms with van der Waals surface area (Å²) in [6.45, 7) is 2.78. The molecule has 1 aliphatic heterocycles. The van der Waals surface area contributed by atoms with Gasteiger partial charge in [-0.15, -0.1) is 0 Å². The Morgan fingerprint density at radius 2 is 2.06 bits per heavy atom. The molecular formula is C25H24FN5O. The first-order chi connectivity index (χ1) is 15.6. The van der Waals surface area contributed by atoms with Crippen molar-refractivity contribution in [2.24, 2.45) is 0 Å². The SMILES string of the molecule is COc1cc(/C=C/c2nc3n(n2)CCC[C@H]3c2cccc(F)c2)ccc1-n1cnc(C)c1. The highest BCUT2D eigenvalue weighted by Crippen LogP contribution is 2.32. The van der Waals surface area contributed by atoms with Gasteiger partial charge in [0.2, 0.25) is 0 Å². The standard InChI is InChI=1S/C25H24FN5O/c1-17-15-30(16-27-17)22-10-8-18(13-23(22)32-2)9-11-24-28-25-21(7-4-12-31(25)29-24)19-5-3-6-20(26)14-19/h3,5-6,8-11,13-16,21H,4,7,12H2,1-2H3/b11-9+/t21-/m0/s1. The third-order valence-electron chi connectivity index (χ3n) is 5.76. The number of fused-ring (bicyclic) bond motifs is 1. The van der Waals surface area contributed by atoms with Crippen molar-refractivity contribution in [2.45, 2.75) is 32.2 Å². The molecule has 0 radical (unpaired) electrons. The first-order valence-electron chi connectivity index (χ1n) is 10.7. The number of benzene rings is 2. The molecule has 0 N–H and O–H groups in total. The number of halogens is 1. The maximum atomic E-state index is 13.7. The minimum absolute atomic E-state index is 0.0621. The van der Waals surface area contributed by atoms with Gasteiger partial charge in [0.15, 0.2) is 5.82 Å². The Hall–Kier alpha value is -3.74. The van der Waals surface area contributed by atoms with Gasteiger partial charge in [-0.2, -0.15) is 5.10 Å². The average Bonchev–Trinajstić information content (AvgIpc) is 3.43. The molecule has 0 saturated heterocycles. The molecule has 0 aliphatic carbocycles. The molecule has 1 aliphatic rings. The van der Waals surface area contributed by atoms with Crippen LogP contribution >= 0.6 is 0 Å². The number of ether oxygens (including phenoxy) is 1. The van der Waals surface area contributed by atoms with Crippen LogP contribution in [-0.4, -0.2) is 31.4 Å². The van der Waals surface area contributed by atoms with Crippen molar-refractivity contribution in [3.05, 3.63) is 89.3 Å². The Labute approximate surface area is 186 Å². The molecule has 0 amide bonds. The van der Waals surface area contributed by atoms with Crippen LogP contribution in [0.15, 0.2) is 55.0 Å². The lowest BCUT2D eigenvalue weighted by Gasteiger charge is -2.22. The zero-order chi connectivity index (χ0) is 22.1. The Bertz CT molecular complexity index is 1290. The lowest BCUT2D eigenvalue weighted by atomic mass is 9.91. The molecule has 32 heavy (non-hydrogen) atoms. The van der Waals surface area contributed by atoms with Crippen molar-refractivity contribution in [3.63, 3.8) is 0 Å². The largest absolute Gasteiger partial charge is 0.495 e. The van der Waals surface area contributed by atoms with E-state index >= 15 is 0 Å². The summed E-state index contributed by atoms with van der Waals surface area (Å²) in [5.74, 6) is 2.14. The van der Waals surface area contributed by atoms with Gasteiger partial charge in [0.1, 0.15) is 17.4 Å². The monoisotopic (exact) mass is 429 g/mol. The van der Waals surface area contributed by atoms with E-state index in [1.165, 1.54) is 6.07 Å². The summed E-state index contributed by atoms with van der Waals surface area (Å²) in [6, 6.07) is 12.8. The molecule has 5 rings (SSSR count). The van der Waals surface area contributed by atoms with Gasteiger partial charge in [-0.1, -0.05) is 24.3 Å². The smallest absolute Gasteiger partial charge is 0.174 e. The van der Waals surface area contributed by atoms with Crippen LogP contribution in [0.25, 0.3) is 17.8 Å². The predicted octanol–water partition coefficient (Wildman–Crippen LogP) is 5.02. The molecule has 162 valence electrons. The molecule has 2 aromatic heterocycles. The van der Waals surface area contributed by atoms with Crippen LogP contribution in [0.4, 0.5) is 4.39 Å². The Morgan fingerprint density at radius 1 is 1.16 bits per heavy atom. The van der Waals surface area contributed by atoms with E-state index in [0.717, 1.165) is 53.5 Å². The van der Waals surface area contributed by atoms with Crippen molar-refractivity contribution in [3.8, 4) is 11.4 Å². The van der Waals surface area contributed by atoms with Gasteiger partial charge in [-0.05, 0) is 61.2 Å². The fourth-order valence-corrected chi connectivity index (χ4v) is 4.21. The van der Waals surface area contributed by atoms with Crippen molar-refractivity contribution in [2.75, 3.05) is 7.11 Å². The zero-order valence-corrected chi connectivity index (χ0v) is 18.1. The summed E-state index contributed by atoms with van der Waals surface area (Å²) in [4.78, 5) is 9.05. The number of hydrogen-bond donors (Lipinski definition) is 0. The third-order valence-corrected chi connectivity index (χ3v) is 5.76. The van der Waals surface area contributed by atoms with Gasteiger partial charge in [0, 0.05) is 18.7 Å². The fourth-order valence-electron chi connectivity index (χ4n) is 4.21. The number of hydrogen-bond acceptors (Lipinski definition) is 4. The fraction of sp³-hybridized carbons (Fsp3) is 0.240. The van der Waals surface area contributed by atoms with Gasteiger partial charge in [-0.25, -0.2) is 19.0 Å². The van der Waals surface area contributed by atoms with E-state index in [9.17, 15) is 4.39 Å². The normalized spacial score (nSPS) is 15.8. The molecule has 1 atom stereocenters. The van der Waals surface area contributed by atoms with E-state index in [1.807, 2.05) is 58.8 Å². The van der Waals surface area contributed by atoms with Gasteiger partial charge >= 0.3 is 0 Å². The second-order valence-electron chi connectivity index (χ2n) is 7.99. The van der Waals surface area contributed by atoms with E-state index in [1.54, 1.807) is 25.6 Å². The molecule has 0 unspecified atom stereocenters. The lowest BCUT2D eigenvalue weighted by molar-refractivity contribution is 0.413. The molecule has 6 nitrogen and oxygen atoms in total. The highest BCUT2D eigenvalue weighted by atomic mass is 19.1. The minimum atomic E-state index is -0.220. The van der Waals surface area contributed by atoms with Crippen molar-refractivity contribution in [1.82, 2.24) is 24.3 Å². The Kier molecular flexibility index (Phi) is 5.31. The van der Waals surface area contributed by atoms with Gasteiger partial charge in [0.25, 0.3) is 0 Å². The molecule has 7 heteroatoms. The average molecular weight is 429 g/mol. The summed E-state index contributed by atoms with van der Waals surface area (Å²) in [5, 5.41) is 4.66. The van der Waals surface area contributed by atoms with Crippen LogP contribution < -0.4 is 4.74 Å². The van der Waals surface area contributed by atoms with Crippen LogP contribution in [-0.2, 0) is 6.54 Å². The highest BCUT2D eigenvalue weighted by molar-refractivity contribution is 5.69. The maximum absolute atomic E-state index is 13.7. The summed E-state index contributed by atoms with van der Waals surface area (Å²) < 4.78 is 23.2. The summed E-state index contributed by atoms with van der Waals surface area (Å²) in [5.41, 5.74) is 3.81. The van der Waals surface area contributed by atoms with Crippen molar-refractivity contribution < 1.29 is 9.13 Å². The Balaban J connectivity index is 1.41. The first-order valence-corrected chi connectivity index (χ1v) is 10.7. The van der Waals surface area contributed by atoms with Crippen molar-refractivity contribution in [1.29, 1.82) is 0 Å². The zero-order valence-electron chi connectivity index (χ0n) is 18.1. The number of nitrogens with zero attached hydrogens (tertiary/aromatic N) is 5. The van der Waals surface area contributed by atoms with Crippen molar-refractivity contribution >= 4 is 12.2 Å². The summed E-state index contributed by atoms with van der Waals surface area (Å²) in [6.07, 6.45) is 9.55. The van der Waals surface area contributed by atoms with E-state index in [4.69, 9.17) is 9.72 Å². The topological polar surface area (TPSA) is 57.8 Å². The molecule has 2 aromatic carbocycles. The summed E-state index contributed by atoms with van der Waals surface area (Å²) >= 11 is 0. The van der Waals surface area contributed by atoms with Crippen LogP contribution in [0.2, 0.25) is 0 Å². The molecule has 3 heterocycles. The first kappa shape index (κ1) is 20.2. The number of aryl methyl sites for hydroxylation is 2. The third kappa shape index (κ3) is 3.93. The second kappa shape index (κ2) is 8.42. The highest BCUT2D eigenvalue weighted by Gasteiger charge is 2.25. The van der Waals surface area contributed by atoms with Gasteiger partial charge in [0.05, 0.1) is 24.8 Å². The molecule has 0 spiro atoms. The van der Waals surface area contributed by atoms with E-state index < -0.39 is 0 Å². The van der Waals surface area contributed by atoms with Gasteiger partial charge < -0.3 is 9.30 Å². The van der Waals surface area contributed by atoms with Crippen LogP contribution in [0.5, 0.6) is 5.75 Å². The number of aromatic nitrogens is 5. The van der Waals surface area contributed by atoms with Crippen LogP contribution in [0, 0.1) is 12.7 Å². The van der Waals surface area contributed by atoms with Crippen LogP contribution in [0.3, 0.4) is 0 Å². The number of methoxy groups -OCH3 is 1. The molecular weight excluding hydrogens is 405 g/mol. The van der Waals surface area contributed by atoms with E-state index in [0.29, 0.717) is 5.82 Å². The lowest BCUT2D eigenvalue weighted by Crippen LogP contribution is -2.18. The Morgan fingerprint density at radius 3 is 2.84 bits per heavy atom. The predicted molar refractivity (Wildman–Crippen MR) is 121 cm³/mol. The maximum Gasteiger partial charge on any atom is 0.174 e. The number of rotatable bonds is 5. The quantitative estimate of drug-likeness (QED) is 0.447. The molecule has 0 saturated carbocycles. The molecule has 4 aromatic rings. The van der Waals surface area contributed by atoms with Crippen LogP contribution in [0.1, 0.15) is 47.2 Å². The van der Waals surface area contributed by atoms with Gasteiger partial charge in [-0.3, -0.25) is 0 Å². The molecule has 0 fully saturated rings. The second-order valence-corrected chi connectivity index (χ2v) is 7.99.